The van der Waals surface area contributed by atoms with Crippen LogP contribution in [-0.2, 0) is 33.3 Å². The molecular weight excluding hydrogens is 492 g/mol. The van der Waals surface area contributed by atoms with Gasteiger partial charge >= 0.3 is 11.9 Å². The van der Waals surface area contributed by atoms with Gasteiger partial charge in [-0.3, -0.25) is 0 Å². The molecular formula is C29H38O9. The number of cyclic esters (lactones) is 1. The Morgan fingerprint density at radius 3 is 2.79 bits per heavy atom. The van der Waals surface area contributed by atoms with Crippen molar-refractivity contribution < 1.29 is 43.5 Å². The van der Waals surface area contributed by atoms with E-state index in [9.17, 15) is 19.8 Å². The number of esters is 2. The van der Waals surface area contributed by atoms with Gasteiger partial charge in [0.2, 0.25) is 0 Å². The summed E-state index contributed by atoms with van der Waals surface area (Å²) in [4.78, 5) is 24.0. The minimum absolute atomic E-state index is 0.0657. The van der Waals surface area contributed by atoms with Crippen LogP contribution < -0.4 is 0 Å². The highest BCUT2D eigenvalue weighted by Gasteiger charge is 2.82. The molecule has 9 heteroatoms. The molecule has 0 aromatic carbocycles. The highest BCUT2D eigenvalue weighted by atomic mass is 16.6. The average Bonchev–Trinajstić information content (AvgIpc) is 3.55. The van der Waals surface area contributed by atoms with Crippen LogP contribution >= 0.6 is 0 Å². The number of rotatable bonds is 10. The van der Waals surface area contributed by atoms with Crippen molar-refractivity contribution in [3.63, 3.8) is 0 Å². The molecule has 5 rings (SSSR count). The first kappa shape index (κ1) is 27.3. The third kappa shape index (κ3) is 4.48. The van der Waals surface area contributed by atoms with E-state index in [1.54, 1.807) is 25.2 Å². The van der Waals surface area contributed by atoms with Crippen LogP contribution in [0.4, 0.5) is 0 Å². The highest BCUT2D eigenvalue weighted by Crippen LogP contribution is 2.71. The molecule has 3 aliphatic heterocycles. The first-order valence-corrected chi connectivity index (χ1v) is 13.4. The van der Waals surface area contributed by atoms with Crippen LogP contribution in [0.3, 0.4) is 0 Å². The summed E-state index contributed by atoms with van der Waals surface area (Å²) in [7, 11) is 0. The first-order chi connectivity index (χ1) is 18.1. The molecule has 2 bridgehead atoms. The number of allylic oxidation sites excluding steroid dienone is 3. The Hall–Kier alpha value is -2.30. The normalized spacial score (nSPS) is 39.2. The van der Waals surface area contributed by atoms with Gasteiger partial charge in [-0.15, -0.1) is 0 Å². The van der Waals surface area contributed by atoms with E-state index in [-0.39, 0.29) is 31.4 Å². The average molecular weight is 531 g/mol. The molecule has 38 heavy (non-hydrogen) atoms. The number of hydrogen-bond donors (Lipinski definition) is 2. The van der Waals surface area contributed by atoms with E-state index < -0.39 is 40.7 Å². The maximum atomic E-state index is 12.9. The van der Waals surface area contributed by atoms with Crippen molar-refractivity contribution in [3.05, 3.63) is 47.6 Å². The van der Waals surface area contributed by atoms with Crippen LogP contribution in [0.2, 0.25) is 0 Å². The Labute approximate surface area is 223 Å². The van der Waals surface area contributed by atoms with Crippen LogP contribution in [-0.4, -0.2) is 84.7 Å². The van der Waals surface area contributed by atoms with Crippen molar-refractivity contribution in [2.45, 2.75) is 82.6 Å². The molecule has 8 atom stereocenters. The third-order valence-corrected chi connectivity index (χ3v) is 9.33. The predicted octanol–water partition coefficient (Wildman–Crippen LogP) is 2.32. The predicted molar refractivity (Wildman–Crippen MR) is 136 cm³/mol. The van der Waals surface area contributed by atoms with Gasteiger partial charge in [0, 0.05) is 29.4 Å². The summed E-state index contributed by atoms with van der Waals surface area (Å²) in [6.45, 7) is 6.87. The van der Waals surface area contributed by atoms with Crippen molar-refractivity contribution in [3.8, 4) is 0 Å². The summed E-state index contributed by atoms with van der Waals surface area (Å²) in [5.41, 5.74) is 0.413. The molecule has 208 valence electrons. The fraction of sp³-hybridized carbons (Fsp3) is 0.655. The Morgan fingerprint density at radius 2 is 2.13 bits per heavy atom. The standard InChI is InChI=1S/C29H38O9/c1-18-8-10-28(16-30)23(12-18)37-24-14-22(27(28,3)29(24)17-36-29)38-25(32)7-5-4-6-21(19(2)31)34-11-9-20-13-26(33)35-15-20/h4-7,12-13,19,21-24,30-31H,8-11,14-17H2,1-3H3/t19?,21?,22-,23-,24-,27-,28-,29+/m1/s1. The molecule has 0 aromatic heterocycles. The molecule has 0 aromatic rings. The van der Waals surface area contributed by atoms with Gasteiger partial charge in [-0.1, -0.05) is 36.8 Å². The van der Waals surface area contributed by atoms with Gasteiger partial charge in [0.1, 0.15) is 24.4 Å². The molecule has 0 amide bonds. The lowest BCUT2D eigenvalue weighted by molar-refractivity contribution is -0.228. The molecule has 2 aliphatic carbocycles. The zero-order chi connectivity index (χ0) is 27.1. The summed E-state index contributed by atoms with van der Waals surface area (Å²) < 4.78 is 29.1. The topological polar surface area (TPSA) is 124 Å². The lowest BCUT2D eigenvalue weighted by Gasteiger charge is -2.58. The number of carbonyl (C=O) groups excluding carboxylic acids is 2. The maximum absolute atomic E-state index is 12.9. The number of carbonyl (C=O) groups is 2. The summed E-state index contributed by atoms with van der Waals surface area (Å²) in [5, 5.41) is 20.7. The Balaban J connectivity index is 1.21. The minimum atomic E-state index is -0.759. The van der Waals surface area contributed by atoms with Crippen molar-refractivity contribution in [1.82, 2.24) is 0 Å². The number of fused-ring (bicyclic) bond motifs is 2. The molecule has 9 nitrogen and oxygen atoms in total. The van der Waals surface area contributed by atoms with Crippen LogP contribution in [0.15, 0.2) is 47.6 Å². The monoisotopic (exact) mass is 530 g/mol. The van der Waals surface area contributed by atoms with E-state index in [0.717, 1.165) is 18.4 Å². The van der Waals surface area contributed by atoms with Gasteiger partial charge < -0.3 is 33.9 Å². The number of ether oxygens (including phenoxy) is 5. The van der Waals surface area contributed by atoms with Crippen molar-refractivity contribution >= 4 is 11.9 Å². The minimum Gasteiger partial charge on any atom is -0.458 e. The number of epoxide rings is 1. The first-order valence-electron chi connectivity index (χ1n) is 13.4. The largest absolute Gasteiger partial charge is 0.458 e. The Morgan fingerprint density at radius 1 is 1.34 bits per heavy atom. The van der Waals surface area contributed by atoms with Gasteiger partial charge in [0.05, 0.1) is 38.1 Å². The van der Waals surface area contributed by atoms with E-state index in [0.29, 0.717) is 26.1 Å². The van der Waals surface area contributed by atoms with Crippen molar-refractivity contribution in [2.75, 3.05) is 26.4 Å². The van der Waals surface area contributed by atoms with Crippen LogP contribution in [0.25, 0.3) is 0 Å². The summed E-state index contributed by atoms with van der Waals surface area (Å²) in [5.74, 6) is -0.827. The molecule has 1 saturated carbocycles. The fourth-order valence-corrected chi connectivity index (χ4v) is 6.89. The molecule has 2 N–H and O–H groups in total. The second kappa shape index (κ2) is 10.4. The van der Waals surface area contributed by atoms with Gasteiger partial charge in [0.15, 0.2) is 0 Å². The SMILES string of the molecule is CC1=C[C@H]2O[C@@H]3C[C@@H](OC(=O)C=CC=CC(OCCC4=CC(=O)OC4)C(C)O)[C@](C)([C@@]2(CO)CC1)[C@]31CO1. The zero-order valence-electron chi connectivity index (χ0n) is 22.3. The van der Waals surface area contributed by atoms with Gasteiger partial charge in [-0.05, 0) is 38.7 Å². The Bertz CT molecular complexity index is 1070. The lowest BCUT2D eigenvalue weighted by Crippen LogP contribution is -2.66. The number of aliphatic hydroxyl groups excluding tert-OH is 2. The summed E-state index contributed by atoms with van der Waals surface area (Å²) in [6, 6.07) is 0. The van der Waals surface area contributed by atoms with E-state index in [4.69, 9.17) is 23.7 Å². The van der Waals surface area contributed by atoms with E-state index in [1.807, 2.05) is 0 Å². The number of aliphatic hydroxyl groups is 2. The molecule has 2 unspecified atom stereocenters. The van der Waals surface area contributed by atoms with Crippen LogP contribution in [0.1, 0.15) is 46.5 Å². The maximum Gasteiger partial charge on any atom is 0.331 e. The molecule has 3 heterocycles. The molecule has 3 fully saturated rings. The second-order valence-electron chi connectivity index (χ2n) is 11.4. The molecule has 2 saturated heterocycles. The van der Waals surface area contributed by atoms with Gasteiger partial charge in [0.25, 0.3) is 0 Å². The van der Waals surface area contributed by atoms with Gasteiger partial charge in [-0.2, -0.15) is 0 Å². The lowest BCUT2D eigenvalue weighted by atomic mass is 9.51. The van der Waals surface area contributed by atoms with Crippen molar-refractivity contribution in [1.29, 1.82) is 0 Å². The van der Waals surface area contributed by atoms with E-state index in [2.05, 4.69) is 19.9 Å². The third-order valence-electron chi connectivity index (χ3n) is 9.33. The molecule has 5 aliphatic rings. The van der Waals surface area contributed by atoms with E-state index >= 15 is 0 Å². The zero-order valence-corrected chi connectivity index (χ0v) is 22.3. The quantitative estimate of drug-likeness (QED) is 0.144. The molecule has 1 spiro atoms. The van der Waals surface area contributed by atoms with Crippen LogP contribution in [0.5, 0.6) is 0 Å². The second-order valence-corrected chi connectivity index (χ2v) is 11.4. The van der Waals surface area contributed by atoms with Crippen LogP contribution in [0, 0.1) is 10.8 Å². The van der Waals surface area contributed by atoms with Crippen molar-refractivity contribution in [2.24, 2.45) is 10.8 Å². The number of hydrogen-bond acceptors (Lipinski definition) is 9. The fourth-order valence-electron chi connectivity index (χ4n) is 6.89. The Kier molecular flexibility index (Phi) is 7.43. The van der Waals surface area contributed by atoms with Gasteiger partial charge in [-0.25, -0.2) is 9.59 Å². The summed E-state index contributed by atoms with van der Waals surface area (Å²) >= 11 is 0. The summed E-state index contributed by atoms with van der Waals surface area (Å²) in [6.07, 6.45) is 10.3. The highest BCUT2D eigenvalue weighted by molar-refractivity contribution is 5.85. The molecule has 0 radical (unpaired) electrons. The van der Waals surface area contributed by atoms with E-state index in [1.165, 1.54) is 17.7 Å². The smallest absolute Gasteiger partial charge is 0.331 e.